The first kappa shape index (κ1) is 16.3. The molecule has 0 rings (SSSR count). The maximum Gasteiger partial charge on any atom is 0.322 e. The summed E-state index contributed by atoms with van der Waals surface area (Å²) < 4.78 is 30.1. The lowest BCUT2D eigenvalue weighted by Crippen LogP contribution is -2.56. The van der Waals surface area contributed by atoms with Gasteiger partial charge in [0.2, 0.25) is 10.0 Å². The van der Waals surface area contributed by atoms with Crippen LogP contribution in [0.15, 0.2) is 0 Å². The third kappa shape index (κ3) is 4.57. The van der Waals surface area contributed by atoms with Crippen molar-refractivity contribution in [2.45, 2.75) is 32.2 Å². The quantitative estimate of drug-likeness (QED) is 0.501. The molecule has 17 heavy (non-hydrogen) atoms. The molecule has 8 heteroatoms. The Kier molecular flexibility index (Phi) is 6.00. The summed E-state index contributed by atoms with van der Waals surface area (Å²) in [6, 6.07) is 0. The SMILES string of the molecule is CCC(CC)(NS(=O)(=O)CC(=O)OC)C(N)=S. The van der Waals surface area contributed by atoms with E-state index in [4.69, 9.17) is 18.0 Å². The largest absolute Gasteiger partial charge is 0.468 e. The van der Waals surface area contributed by atoms with Crippen molar-refractivity contribution in [3.63, 3.8) is 0 Å². The summed E-state index contributed by atoms with van der Waals surface area (Å²) in [6.07, 6.45) is 0.832. The molecule has 0 aromatic rings. The molecule has 0 aromatic heterocycles. The second-order valence-corrected chi connectivity index (χ2v) is 5.75. The summed E-state index contributed by atoms with van der Waals surface area (Å²) in [5.41, 5.74) is 4.57. The van der Waals surface area contributed by atoms with Gasteiger partial charge in [0.05, 0.1) is 17.6 Å². The average Bonchev–Trinajstić information content (AvgIpc) is 2.24. The number of hydrogen-bond acceptors (Lipinski definition) is 5. The van der Waals surface area contributed by atoms with Crippen LogP contribution in [-0.4, -0.2) is 37.8 Å². The molecule has 0 unspecified atom stereocenters. The minimum atomic E-state index is -3.81. The van der Waals surface area contributed by atoms with Crippen molar-refractivity contribution in [2.24, 2.45) is 5.73 Å². The minimum absolute atomic E-state index is 0.0657. The van der Waals surface area contributed by atoms with Gasteiger partial charge in [0, 0.05) is 0 Å². The Morgan fingerprint density at radius 2 is 1.88 bits per heavy atom. The maximum absolute atomic E-state index is 11.7. The molecule has 0 fully saturated rings. The maximum atomic E-state index is 11.7. The van der Waals surface area contributed by atoms with Crippen molar-refractivity contribution in [2.75, 3.05) is 12.9 Å². The van der Waals surface area contributed by atoms with Crippen LogP contribution in [0.1, 0.15) is 26.7 Å². The molecule has 0 saturated heterocycles. The predicted molar refractivity (Wildman–Crippen MR) is 69.0 cm³/mol. The molecule has 0 aliphatic carbocycles. The molecule has 0 aliphatic rings. The Bertz CT molecular complexity index is 388. The number of methoxy groups -OCH3 is 1. The molecule has 0 radical (unpaired) electrons. The van der Waals surface area contributed by atoms with E-state index in [9.17, 15) is 13.2 Å². The summed E-state index contributed by atoms with van der Waals surface area (Å²) in [7, 11) is -2.69. The van der Waals surface area contributed by atoms with E-state index in [0.29, 0.717) is 12.8 Å². The molecule has 0 amide bonds. The zero-order valence-electron chi connectivity index (χ0n) is 10.1. The van der Waals surface area contributed by atoms with Gasteiger partial charge in [0.25, 0.3) is 0 Å². The van der Waals surface area contributed by atoms with Gasteiger partial charge >= 0.3 is 5.97 Å². The summed E-state index contributed by atoms with van der Waals surface area (Å²) in [6.45, 7) is 3.53. The molecule has 6 nitrogen and oxygen atoms in total. The minimum Gasteiger partial charge on any atom is -0.468 e. The summed E-state index contributed by atoms with van der Waals surface area (Å²) in [4.78, 5) is 11.0. The van der Waals surface area contributed by atoms with Crippen LogP contribution in [0, 0.1) is 0 Å². The standard InChI is InChI=1S/C9H18N2O4S2/c1-4-9(5-2,8(10)16)11-17(13,14)6-7(12)15-3/h11H,4-6H2,1-3H3,(H2,10,16). The van der Waals surface area contributed by atoms with Gasteiger partial charge in [-0.15, -0.1) is 0 Å². The van der Waals surface area contributed by atoms with Crippen LogP contribution in [0.25, 0.3) is 0 Å². The average molecular weight is 282 g/mol. The summed E-state index contributed by atoms with van der Waals surface area (Å²) in [5.74, 6) is -1.57. The first-order valence-electron chi connectivity index (χ1n) is 5.11. The zero-order valence-corrected chi connectivity index (χ0v) is 11.8. The first-order chi connectivity index (χ1) is 7.73. The number of hydrogen-bond donors (Lipinski definition) is 2. The summed E-state index contributed by atoms with van der Waals surface area (Å²) >= 11 is 4.87. The molecular formula is C9H18N2O4S2. The normalized spacial score (nSPS) is 12.2. The van der Waals surface area contributed by atoms with Crippen LogP contribution in [0.2, 0.25) is 0 Å². The number of esters is 1. The fourth-order valence-electron chi connectivity index (χ4n) is 1.34. The van der Waals surface area contributed by atoms with Gasteiger partial charge < -0.3 is 10.5 Å². The predicted octanol–water partition coefficient (Wildman–Crippen LogP) is -0.0763. The van der Waals surface area contributed by atoms with Crippen LogP contribution >= 0.6 is 12.2 Å². The van der Waals surface area contributed by atoms with Gasteiger partial charge in [0.15, 0.2) is 5.75 Å². The number of carbonyl (C=O) groups excluding carboxylic acids is 1. The highest BCUT2D eigenvalue weighted by atomic mass is 32.2. The second-order valence-electron chi connectivity index (χ2n) is 3.59. The third-order valence-corrected chi connectivity index (χ3v) is 4.27. The molecule has 0 bridgehead atoms. The fraction of sp³-hybridized carbons (Fsp3) is 0.778. The van der Waals surface area contributed by atoms with E-state index in [1.807, 2.05) is 0 Å². The van der Waals surface area contributed by atoms with E-state index in [1.165, 1.54) is 0 Å². The number of ether oxygens (including phenoxy) is 1. The van der Waals surface area contributed by atoms with Crippen LogP contribution in [0.3, 0.4) is 0 Å². The second kappa shape index (κ2) is 6.27. The van der Waals surface area contributed by atoms with Crippen molar-refractivity contribution in [1.29, 1.82) is 0 Å². The molecule has 3 N–H and O–H groups in total. The van der Waals surface area contributed by atoms with Crippen molar-refractivity contribution in [1.82, 2.24) is 4.72 Å². The van der Waals surface area contributed by atoms with Crippen molar-refractivity contribution < 1.29 is 17.9 Å². The first-order valence-corrected chi connectivity index (χ1v) is 7.17. The van der Waals surface area contributed by atoms with Crippen molar-refractivity contribution in [3.8, 4) is 0 Å². The molecular weight excluding hydrogens is 264 g/mol. The zero-order chi connectivity index (χ0) is 13.7. The Balaban J connectivity index is 5.01. The monoisotopic (exact) mass is 282 g/mol. The van der Waals surface area contributed by atoms with Gasteiger partial charge in [-0.3, -0.25) is 4.79 Å². The van der Waals surface area contributed by atoms with Crippen LogP contribution in [-0.2, 0) is 19.6 Å². The highest BCUT2D eigenvalue weighted by Crippen LogP contribution is 2.17. The third-order valence-electron chi connectivity index (χ3n) is 2.57. The number of thiocarbonyl (C=S) groups is 1. The van der Waals surface area contributed by atoms with Gasteiger partial charge in [-0.05, 0) is 12.8 Å². The van der Waals surface area contributed by atoms with Crippen molar-refractivity contribution in [3.05, 3.63) is 0 Å². The number of sulfonamides is 1. The van der Waals surface area contributed by atoms with E-state index in [0.717, 1.165) is 7.11 Å². The number of carbonyl (C=O) groups is 1. The lowest BCUT2D eigenvalue weighted by Gasteiger charge is -2.30. The molecule has 0 aliphatic heterocycles. The molecule has 0 heterocycles. The number of rotatable bonds is 7. The molecule has 0 aromatic carbocycles. The van der Waals surface area contributed by atoms with Crippen LogP contribution in [0.4, 0.5) is 0 Å². The van der Waals surface area contributed by atoms with E-state index in [-0.39, 0.29) is 4.99 Å². The molecule has 0 saturated carbocycles. The van der Waals surface area contributed by atoms with Gasteiger partial charge in [-0.2, -0.15) is 0 Å². The molecule has 100 valence electrons. The Morgan fingerprint density at radius 1 is 1.41 bits per heavy atom. The van der Waals surface area contributed by atoms with Gasteiger partial charge in [-0.25, -0.2) is 13.1 Å². The topological polar surface area (TPSA) is 98.5 Å². The van der Waals surface area contributed by atoms with Gasteiger partial charge in [-0.1, -0.05) is 26.1 Å². The Morgan fingerprint density at radius 3 is 2.18 bits per heavy atom. The number of nitrogens with two attached hydrogens (primary N) is 1. The van der Waals surface area contributed by atoms with Crippen molar-refractivity contribution >= 4 is 33.2 Å². The van der Waals surface area contributed by atoms with E-state index in [2.05, 4.69) is 9.46 Å². The highest BCUT2D eigenvalue weighted by Gasteiger charge is 2.35. The van der Waals surface area contributed by atoms with E-state index < -0.39 is 27.3 Å². The molecule has 0 spiro atoms. The molecule has 0 atom stereocenters. The Hall–Kier alpha value is -0.730. The summed E-state index contributed by atoms with van der Waals surface area (Å²) in [5, 5.41) is 0. The highest BCUT2D eigenvalue weighted by molar-refractivity contribution is 7.90. The van der Waals surface area contributed by atoms with E-state index >= 15 is 0 Å². The van der Waals surface area contributed by atoms with Crippen LogP contribution < -0.4 is 10.5 Å². The Labute approximate surface area is 107 Å². The number of nitrogens with one attached hydrogen (secondary N) is 1. The smallest absolute Gasteiger partial charge is 0.322 e. The lowest BCUT2D eigenvalue weighted by atomic mass is 9.94. The fourth-order valence-corrected chi connectivity index (χ4v) is 3.24. The van der Waals surface area contributed by atoms with Gasteiger partial charge in [0.1, 0.15) is 0 Å². The van der Waals surface area contributed by atoms with Crippen LogP contribution in [0.5, 0.6) is 0 Å². The lowest BCUT2D eigenvalue weighted by molar-refractivity contribution is -0.137. The van der Waals surface area contributed by atoms with E-state index in [1.54, 1.807) is 13.8 Å².